The normalized spacial score (nSPS) is 12.5. The van der Waals surface area contributed by atoms with E-state index in [9.17, 15) is 18.0 Å². The molecule has 0 amide bonds. The van der Waals surface area contributed by atoms with Crippen LogP contribution in [-0.4, -0.2) is 17.3 Å². The number of ether oxygens (including phenoxy) is 2. The minimum Gasteiger partial charge on any atom is -0.454 e. The third-order valence-corrected chi connectivity index (χ3v) is 2.76. The van der Waals surface area contributed by atoms with Crippen molar-refractivity contribution in [3.8, 4) is 5.75 Å². The van der Waals surface area contributed by atoms with Crippen molar-refractivity contribution in [3.05, 3.63) is 59.9 Å². The summed E-state index contributed by atoms with van der Waals surface area (Å²) in [6.07, 6.45) is -2.46. The van der Waals surface area contributed by atoms with Gasteiger partial charge < -0.3 is 9.47 Å². The number of esters is 1. The predicted octanol–water partition coefficient (Wildman–Crippen LogP) is 3.90. The van der Waals surface area contributed by atoms with Crippen molar-refractivity contribution in [2.45, 2.75) is 19.4 Å². The number of benzene rings is 1. The van der Waals surface area contributed by atoms with Crippen LogP contribution in [-0.2, 0) is 4.74 Å². The molecule has 4 nitrogen and oxygen atoms in total. The molecule has 1 atom stereocenters. The summed E-state index contributed by atoms with van der Waals surface area (Å²) in [6, 6.07) is 8.30. The Balaban J connectivity index is 2.01. The minimum absolute atomic E-state index is 0.298. The molecule has 0 bridgehead atoms. The fraction of sp³-hybridized carbons (Fsp3) is 0.200. The molecule has 7 heteroatoms. The second kappa shape index (κ2) is 6.46. The Morgan fingerprint density at radius 3 is 2.41 bits per heavy atom. The number of pyridine rings is 1. The van der Waals surface area contributed by atoms with E-state index in [1.54, 1.807) is 19.1 Å². The first-order chi connectivity index (χ1) is 10.3. The van der Waals surface area contributed by atoms with Crippen molar-refractivity contribution in [3.63, 3.8) is 0 Å². The molecule has 1 heterocycles. The zero-order valence-electron chi connectivity index (χ0n) is 11.5. The maximum absolute atomic E-state index is 12.1. The smallest absolute Gasteiger partial charge is 0.454 e. The van der Waals surface area contributed by atoms with Crippen LogP contribution in [0.5, 0.6) is 5.75 Å². The molecule has 1 aromatic carbocycles. The number of alkyl halides is 3. The van der Waals surface area contributed by atoms with E-state index in [1.807, 2.05) is 0 Å². The first kappa shape index (κ1) is 15.8. The molecule has 116 valence electrons. The largest absolute Gasteiger partial charge is 0.573 e. The van der Waals surface area contributed by atoms with E-state index in [1.165, 1.54) is 24.5 Å². The van der Waals surface area contributed by atoms with Gasteiger partial charge in [-0.05, 0) is 36.8 Å². The fourth-order valence-electron chi connectivity index (χ4n) is 1.72. The molecule has 22 heavy (non-hydrogen) atoms. The number of rotatable bonds is 4. The van der Waals surface area contributed by atoms with Gasteiger partial charge in [-0.1, -0.05) is 12.1 Å². The first-order valence-corrected chi connectivity index (χ1v) is 6.32. The van der Waals surface area contributed by atoms with Gasteiger partial charge in [-0.15, -0.1) is 13.2 Å². The first-order valence-electron chi connectivity index (χ1n) is 6.32. The Bertz CT molecular complexity index is 627. The van der Waals surface area contributed by atoms with Crippen molar-refractivity contribution < 1.29 is 27.4 Å². The van der Waals surface area contributed by atoms with Gasteiger partial charge in [0, 0.05) is 12.4 Å². The molecular formula is C15H12F3NO3. The lowest BCUT2D eigenvalue weighted by Crippen LogP contribution is -2.17. The molecule has 0 aliphatic heterocycles. The van der Waals surface area contributed by atoms with Crippen molar-refractivity contribution in [2.24, 2.45) is 0 Å². The van der Waals surface area contributed by atoms with Crippen LogP contribution in [0, 0.1) is 0 Å². The molecule has 0 N–H and O–H groups in total. The highest BCUT2D eigenvalue weighted by Crippen LogP contribution is 2.25. The van der Waals surface area contributed by atoms with Crippen molar-refractivity contribution in [1.82, 2.24) is 4.98 Å². The summed E-state index contributed by atoms with van der Waals surface area (Å²) in [5.74, 6) is -0.891. The Morgan fingerprint density at radius 1 is 1.18 bits per heavy atom. The van der Waals surface area contributed by atoms with Crippen LogP contribution in [0.4, 0.5) is 13.2 Å². The monoisotopic (exact) mass is 311 g/mol. The Labute approximate surface area is 124 Å². The zero-order valence-corrected chi connectivity index (χ0v) is 11.5. The summed E-state index contributed by atoms with van der Waals surface area (Å²) in [6.45, 7) is 1.62. The summed E-state index contributed by atoms with van der Waals surface area (Å²) in [7, 11) is 0. The topological polar surface area (TPSA) is 48.4 Å². The minimum atomic E-state index is -4.74. The summed E-state index contributed by atoms with van der Waals surface area (Å²) in [5.41, 5.74) is 0.845. The SMILES string of the molecule is C[C@H](OC(=O)c1cccnc1)c1ccc(OC(F)(F)F)cc1. The molecule has 0 saturated carbocycles. The highest BCUT2D eigenvalue weighted by atomic mass is 19.4. The molecule has 0 saturated heterocycles. The average molecular weight is 311 g/mol. The van der Waals surface area contributed by atoms with Crippen LogP contribution < -0.4 is 4.74 Å². The quantitative estimate of drug-likeness (QED) is 0.804. The molecule has 0 unspecified atom stereocenters. The molecule has 2 aromatic rings. The van der Waals surface area contributed by atoms with Crippen LogP contribution in [0.25, 0.3) is 0 Å². The van der Waals surface area contributed by atoms with E-state index >= 15 is 0 Å². The number of aromatic nitrogens is 1. The molecule has 0 fully saturated rings. The van der Waals surface area contributed by atoms with Gasteiger partial charge in [0.15, 0.2) is 0 Å². The number of carbonyl (C=O) groups excluding carboxylic acids is 1. The van der Waals surface area contributed by atoms with E-state index in [0.717, 1.165) is 12.1 Å². The van der Waals surface area contributed by atoms with E-state index in [0.29, 0.717) is 11.1 Å². The summed E-state index contributed by atoms with van der Waals surface area (Å²) < 4.78 is 45.2. The number of halogens is 3. The van der Waals surface area contributed by atoms with Crippen LogP contribution >= 0.6 is 0 Å². The molecule has 2 rings (SSSR count). The Morgan fingerprint density at radius 2 is 1.86 bits per heavy atom. The van der Waals surface area contributed by atoms with Gasteiger partial charge >= 0.3 is 12.3 Å². The van der Waals surface area contributed by atoms with Crippen LogP contribution in [0.2, 0.25) is 0 Å². The van der Waals surface area contributed by atoms with Gasteiger partial charge in [0.1, 0.15) is 11.9 Å². The molecule has 0 spiro atoms. The lowest BCUT2D eigenvalue weighted by atomic mass is 10.1. The molecule has 0 aliphatic carbocycles. The molecule has 0 aliphatic rings. The highest BCUT2D eigenvalue weighted by molar-refractivity contribution is 5.89. The third-order valence-electron chi connectivity index (χ3n) is 2.76. The Kier molecular flexibility index (Phi) is 4.65. The zero-order chi connectivity index (χ0) is 16.2. The summed E-state index contributed by atoms with van der Waals surface area (Å²) in [5, 5.41) is 0. The molecular weight excluding hydrogens is 299 g/mol. The van der Waals surface area contributed by atoms with Gasteiger partial charge in [-0.25, -0.2) is 4.79 Å². The van der Waals surface area contributed by atoms with Gasteiger partial charge in [-0.3, -0.25) is 4.98 Å². The van der Waals surface area contributed by atoms with Gasteiger partial charge in [0.2, 0.25) is 0 Å². The maximum Gasteiger partial charge on any atom is 0.573 e. The maximum atomic E-state index is 12.1. The van der Waals surface area contributed by atoms with E-state index in [-0.39, 0.29) is 5.75 Å². The number of hydrogen-bond acceptors (Lipinski definition) is 4. The van der Waals surface area contributed by atoms with Crippen LogP contribution in [0.3, 0.4) is 0 Å². The van der Waals surface area contributed by atoms with E-state index in [2.05, 4.69) is 9.72 Å². The second-order valence-electron chi connectivity index (χ2n) is 4.41. The molecule has 1 aromatic heterocycles. The second-order valence-corrected chi connectivity index (χ2v) is 4.41. The van der Waals surface area contributed by atoms with Crippen molar-refractivity contribution in [2.75, 3.05) is 0 Å². The van der Waals surface area contributed by atoms with Gasteiger partial charge in [0.25, 0.3) is 0 Å². The summed E-state index contributed by atoms with van der Waals surface area (Å²) >= 11 is 0. The number of carbonyl (C=O) groups is 1. The number of hydrogen-bond donors (Lipinski definition) is 0. The van der Waals surface area contributed by atoms with Crippen LogP contribution in [0.15, 0.2) is 48.8 Å². The summed E-state index contributed by atoms with van der Waals surface area (Å²) in [4.78, 5) is 15.7. The van der Waals surface area contributed by atoms with Crippen molar-refractivity contribution in [1.29, 1.82) is 0 Å². The molecule has 0 radical (unpaired) electrons. The third kappa shape index (κ3) is 4.47. The van der Waals surface area contributed by atoms with E-state index < -0.39 is 18.4 Å². The predicted molar refractivity (Wildman–Crippen MR) is 71.2 cm³/mol. The fourth-order valence-corrected chi connectivity index (χ4v) is 1.72. The lowest BCUT2D eigenvalue weighted by molar-refractivity contribution is -0.274. The van der Waals surface area contributed by atoms with Crippen molar-refractivity contribution >= 4 is 5.97 Å². The standard InChI is InChI=1S/C15H12F3NO3/c1-10(21-14(20)12-3-2-8-19-9-12)11-4-6-13(7-5-11)22-15(16,17)18/h2-10H,1H3/t10-/m0/s1. The van der Waals surface area contributed by atoms with Crippen LogP contribution in [0.1, 0.15) is 28.9 Å². The van der Waals surface area contributed by atoms with E-state index in [4.69, 9.17) is 4.74 Å². The van der Waals surface area contributed by atoms with Gasteiger partial charge in [-0.2, -0.15) is 0 Å². The Hall–Kier alpha value is -2.57. The number of nitrogens with zero attached hydrogens (tertiary/aromatic N) is 1. The highest BCUT2D eigenvalue weighted by Gasteiger charge is 2.31. The average Bonchev–Trinajstić information content (AvgIpc) is 2.47. The lowest BCUT2D eigenvalue weighted by Gasteiger charge is -2.14. The van der Waals surface area contributed by atoms with Gasteiger partial charge in [0.05, 0.1) is 5.56 Å².